The van der Waals surface area contributed by atoms with Crippen LogP contribution in [0.15, 0.2) is 76.3 Å². The van der Waals surface area contributed by atoms with Gasteiger partial charge in [-0.3, -0.25) is 14.9 Å². The molecule has 0 radical (unpaired) electrons. The molecular weight excluding hydrogens is 486 g/mol. The number of hydrazone groups is 1. The van der Waals surface area contributed by atoms with Gasteiger partial charge in [0.05, 0.1) is 17.6 Å². The second-order valence-electron chi connectivity index (χ2n) is 6.49. The molecule has 0 aliphatic rings. The van der Waals surface area contributed by atoms with Crippen LogP contribution in [0.3, 0.4) is 0 Å². The third kappa shape index (κ3) is 6.91. The Bertz CT molecular complexity index is 1100. The van der Waals surface area contributed by atoms with Gasteiger partial charge in [0.1, 0.15) is 12.4 Å². The minimum atomic E-state index is -0.505. The van der Waals surface area contributed by atoms with Crippen molar-refractivity contribution in [3.63, 3.8) is 0 Å². The lowest BCUT2D eigenvalue weighted by Gasteiger charge is -2.09. The molecule has 0 aliphatic carbocycles. The largest absolute Gasteiger partial charge is 0.488 e. The Morgan fingerprint density at radius 1 is 1.10 bits per heavy atom. The number of carbonyl (C=O) groups is 1. The van der Waals surface area contributed by atoms with Crippen LogP contribution in [0.2, 0.25) is 5.02 Å². The quantitative estimate of drug-likeness (QED) is 0.257. The molecule has 0 unspecified atom stereocenters. The monoisotopic (exact) mass is 501 g/mol. The van der Waals surface area contributed by atoms with E-state index in [9.17, 15) is 14.9 Å². The van der Waals surface area contributed by atoms with Gasteiger partial charge in [-0.15, -0.1) is 0 Å². The van der Waals surface area contributed by atoms with E-state index >= 15 is 0 Å². The zero-order valence-electron chi connectivity index (χ0n) is 16.1. The fourth-order valence-corrected chi connectivity index (χ4v) is 3.01. The molecule has 0 atom stereocenters. The lowest BCUT2D eigenvalue weighted by atomic mass is 10.1. The molecule has 0 aromatic heterocycles. The van der Waals surface area contributed by atoms with Crippen molar-refractivity contribution >= 4 is 45.3 Å². The van der Waals surface area contributed by atoms with Gasteiger partial charge in [-0.1, -0.05) is 51.8 Å². The second kappa shape index (κ2) is 10.7. The zero-order chi connectivity index (χ0) is 22.2. The fraction of sp³-hybridized carbons (Fsp3) is 0.0909. The van der Waals surface area contributed by atoms with E-state index in [1.165, 1.54) is 24.4 Å². The number of ether oxygens (including phenoxy) is 1. The first-order valence-electron chi connectivity index (χ1n) is 9.13. The lowest BCUT2D eigenvalue weighted by Crippen LogP contribution is -2.19. The number of hydrogen-bond donors (Lipinski definition) is 1. The summed E-state index contributed by atoms with van der Waals surface area (Å²) in [6.45, 7) is 0.273. The minimum Gasteiger partial charge on any atom is -0.488 e. The molecule has 1 amide bonds. The van der Waals surface area contributed by atoms with Gasteiger partial charge in [0, 0.05) is 27.2 Å². The number of non-ortho nitro benzene ring substituents is 1. The molecule has 0 aliphatic heterocycles. The van der Waals surface area contributed by atoms with E-state index in [0.29, 0.717) is 16.3 Å². The maximum atomic E-state index is 12.1. The van der Waals surface area contributed by atoms with Gasteiger partial charge in [-0.2, -0.15) is 5.10 Å². The molecule has 7 nitrogen and oxygen atoms in total. The summed E-state index contributed by atoms with van der Waals surface area (Å²) in [5.74, 6) is 0.0746. The average Bonchev–Trinajstić information content (AvgIpc) is 2.75. The summed E-state index contributed by atoms with van der Waals surface area (Å²) in [7, 11) is 0. The third-order valence-corrected chi connectivity index (χ3v) is 4.96. The summed E-state index contributed by atoms with van der Waals surface area (Å²) in [5, 5.41) is 15.6. The number of nitrogens with zero attached hydrogens (tertiary/aromatic N) is 2. The predicted molar refractivity (Wildman–Crippen MR) is 122 cm³/mol. The highest BCUT2D eigenvalue weighted by Gasteiger charge is 2.11. The van der Waals surface area contributed by atoms with Crippen molar-refractivity contribution in [1.29, 1.82) is 0 Å². The first-order chi connectivity index (χ1) is 14.9. The van der Waals surface area contributed by atoms with Crippen LogP contribution in [0.4, 0.5) is 5.69 Å². The molecule has 158 valence electrons. The first kappa shape index (κ1) is 22.5. The van der Waals surface area contributed by atoms with Crippen molar-refractivity contribution in [2.24, 2.45) is 5.10 Å². The van der Waals surface area contributed by atoms with E-state index in [4.69, 9.17) is 16.3 Å². The lowest BCUT2D eigenvalue weighted by molar-refractivity contribution is -0.384. The molecule has 0 bridgehead atoms. The maximum absolute atomic E-state index is 12.1. The summed E-state index contributed by atoms with van der Waals surface area (Å²) in [4.78, 5) is 22.7. The van der Waals surface area contributed by atoms with Crippen LogP contribution >= 0.6 is 27.5 Å². The van der Waals surface area contributed by atoms with Crippen LogP contribution in [-0.4, -0.2) is 17.0 Å². The predicted octanol–water partition coefficient (Wildman–Crippen LogP) is 5.28. The van der Waals surface area contributed by atoms with Crippen molar-refractivity contribution in [3.8, 4) is 5.75 Å². The highest BCUT2D eigenvalue weighted by atomic mass is 79.9. The Kier molecular flexibility index (Phi) is 7.75. The number of carbonyl (C=O) groups excluding carboxylic acids is 1. The van der Waals surface area contributed by atoms with Crippen LogP contribution in [0, 0.1) is 10.1 Å². The Labute approximate surface area is 192 Å². The fourth-order valence-electron chi connectivity index (χ4n) is 2.62. The Hall–Kier alpha value is -3.23. The molecule has 3 aromatic rings. The van der Waals surface area contributed by atoms with E-state index in [0.717, 1.165) is 15.6 Å². The van der Waals surface area contributed by atoms with Gasteiger partial charge < -0.3 is 4.74 Å². The number of halogens is 2. The van der Waals surface area contributed by atoms with Gasteiger partial charge in [0.15, 0.2) is 0 Å². The molecule has 0 fully saturated rings. The van der Waals surface area contributed by atoms with Gasteiger partial charge in [-0.05, 0) is 41.5 Å². The summed E-state index contributed by atoms with van der Waals surface area (Å²) in [6, 6.07) is 18.7. The normalized spacial score (nSPS) is 10.8. The minimum absolute atomic E-state index is 0.107. The number of rotatable bonds is 8. The van der Waals surface area contributed by atoms with Crippen molar-refractivity contribution in [2.45, 2.75) is 13.0 Å². The van der Waals surface area contributed by atoms with Gasteiger partial charge in [0.2, 0.25) is 5.91 Å². The van der Waals surface area contributed by atoms with E-state index < -0.39 is 4.92 Å². The molecule has 3 rings (SSSR count). The SMILES string of the molecule is O=C(Cc1ccc(Cl)cc1)N/N=C/c1cc([N+](=O)[O-])ccc1OCc1ccc(Br)cc1. The van der Waals surface area contributed by atoms with Crippen LogP contribution in [-0.2, 0) is 17.8 Å². The summed E-state index contributed by atoms with van der Waals surface area (Å²) in [6.07, 6.45) is 1.44. The Balaban J connectivity index is 1.68. The van der Waals surface area contributed by atoms with E-state index in [1.54, 1.807) is 24.3 Å². The first-order valence-corrected chi connectivity index (χ1v) is 10.3. The molecule has 9 heteroatoms. The number of nitro benzene ring substituents is 1. The number of benzene rings is 3. The zero-order valence-corrected chi connectivity index (χ0v) is 18.5. The molecule has 0 spiro atoms. The van der Waals surface area contributed by atoms with Gasteiger partial charge >= 0.3 is 0 Å². The van der Waals surface area contributed by atoms with Gasteiger partial charge in [0.25, 0.3) is 5.69 Å². The highest BCUT2D eigenvalue weighted by molar-refractivity contribution is 9.10. The van der Waals surface area contributed by atoms with E-state index in [1.807, 2.05) is 24.3 Å². The summed E-state index contributed by atoms with van der Waals surface area (Å²) in [5.41, 5.74) is 4.40. The Morgan fingerprint density at radius 2 is 1.77 bits per heavy atom. The van der Waals surface area contributed by atoms with Gasteiger partial charge in [-0.25, -0.2) is 5.43 Å². The third-order valence-electron chi connectivity index (χ3n) is 4.18. The van der Waals surface area contributed by atoms with Crippen molar-refractivity contribution < 1.29 is 14.5 Å². The summed E-state index contributed by atoms with van der Waals surface area (Å²) >= 11 is 9.21. The van der Waals surface area contributed by atoms with E-state index in [-0.39, 0.29) is 24.6 Å². The standard InChI is InChI=1S/C22H17BrClN3O4/c23-18-5-1-16(2-6-18)14-31-21-10-9-20(27(29)30)12-17(21)13-25-26-22(28)11-15-3-7-19(24)8-4-15/h1-10,12-13H,11,14H2,(H,26,28)/b25-13+. The maximum Gasteiger partial charge on any atom is 0.270 e. The topological polar surface area (TPSA) is 93.8 Å². The molecular formula is C22H17BrClN3O4. The summed E-state index contributed by atoms with van der Waals surface area (Å²) < 4.78 is 6.76. The Morgan fingerprint density at radius 3 is 2.45 bits per heavy atom. The van der Waals surface area contributed by atoms with Crippen LogP contribution in [0.25, 0.3) is 0 Å². The number of amides is 1. The van der Waals surface area contributed by atoms with Crippen LogP contribution in [0.5, 0.6) is 5.75 Å². The molecule has 0 saturated carbocycles. The molecule has 3 aromatic carbocycles. The number of nitro groups is 1. The molecule has 0 heterocycles. The second-order valence-corrected chi connectivity index (χ2v) is 7.84. The number of hydrogen-bond acceptors (Lipinski definition) is 5. The molecule has 1 N–H and O–H groups in total. The highest BCUT2D eigenvalue weighted by Crippen LogP contribution is 2.24. The average molecular weight is 503 g/mol. The molecule has 31 heavy (non-hydrogen) atoms. The number of nitrogens with one attached hydrogen (secondary N) is 1. The van der Waals surface area contributed by atoms with E-state index in [2.05, 4.69) is 26.5 Å². The van der Waals surface area contributed by atoms with Crippen LogP contribution < -0.4 is 10.2 Å². The van der Waals surface area contributed by atoms with Crippen molar-refractivity contribution in [2.75, 3.05) is 0 Å². The molecule has 0 saturated heterocycles. The van der Waals surface area contributed by atoms with Crippen molar-refractivity contribution in [3.05, 3.63) is 103 Å². The smallest absolute Gasteiger partial charge is 0.270 e. The van der Waals surface area contributed by atoms with Crippen LogP contribution in [0.1, 0.15) is 16.7 Å². The van der Waals surface area contributed by atoms with Crippen molar-refractivity contribution in [1.82, 2.24) is 5.43 Å².